The SMILES string of the molecule is Nc1nc(-c2ccccc2)nn2cccc12. The fraction of sp³-hybridized carbons (Fsp3) is 0. The van der Waals surface area contributed by atoms with Gasteiger partial charge in [0.15, 0.2) is 11.6 Å². The minimum absolute atomic E-state index is 0.499. The highest BCUT2D eigenvalue weighted by atomic mass is 15.3. The van der Waals surface area contributed by atoms with Crippen LogP contribution in [0.4, 0.5) is 5.82 Å². The number of aromatic nitrogens is 3. The molecule has 0 spiro atoms. The zero-order chi connectivity index (χ0) is 11.0. The third kappa shape index (κ3) is 1.32. The van der Waals surface area contributed by atoms with Crippen LogP contribution in [-0.2, 0) is 0 Å². The fourth-order valence-corrected chi connectivity index (χ4v) is 1.67. The number of rotatable bonds is 1. The molecule has 2 N–H and O–H groups in total. The van der Waals surface area contributed by atoms with Crippen molar-refractivity contribution in [3.05, 3.63) is 48.7 Å². The summed E-state index contributed by atoms with van der Waals surface area (Å²) in [6.45, 7) is 0. The van der Waals surface area contributed by atoms with E-state index in [9.17, 15) is 0 Å². The molecule has 3 rings (SSSR count). The topological polar surface area (TPSA) is 56.2 Å². The van der Waals surface area contributed by atoms with Crippen LogP contribution in [0.15, 0.2) is 48.7 Å². The number of anilines is 1. The van der Waals surface area contributed by atoms with Gasteiger partial charge < -0.3 is 5.73 Å². The first-order chi connectivity index (χ1) is 7.84. The first-order valence-corrected chi connectivity index (χ1v) is 5.01. The Morgan fingerprint density at radius 2 is 1.81 bits per heavy atom. The molecular weight excluding hydrogens is 200 g/mol. The Hall–Kier alpha value is -2.36. The van der Waals surface area contributed by atoms with Crippen molar-refractivity contribution in [2.75, 3.05) is 5.73 Å². The average molecular weight is 210 g/mol. The molecule has 0 saturated heterocycles. The number of hydrogen-bond acceptors (Lipinski definition) is 3. The smallest absolute Gasteiger partial charge is 0.182 e. The normalized spacial score (nSPS) is 10.8. The molecular formula is C12H10N4. The molecule has 16 heavy (non-hydrogen) atoms. The summed E-state index contributed by atoms with van der Waals surface area (Å²) in [5.74, 6) is 1.14. The first-order valence-electron chi connectivity index (χ1n) is 5.01. The Balaban J connectivity index is 2.25. The summed E-state index contributed by atoms with van der Waals surface area (Å²) in [6.07, 6.45) is 1.86. The molecule has 4 nitrogen and oxygen atoms in total. The van der Waals surface area contributed by atoms with Crippen LogP contribution >= 0.6 is 0 Å². The molecule has 0 amide bonds. The van der Waals surface area contributed by atoms with Gasteiger partial charge >= 0.3 is 0 Å². The molecule has 78 valence electrons. The van der Waals surface area contributed by atoms with Crippen molar-refractivity contribution in [3.8, 4) is 11.4 Å². The van der Waals surface area contributed by atoms with Gasteiger partial charge in [-0.05, 0) is 12.1 Å². The van der Waals surface area contributed by atoms with Crippen molar-refractivity contribution < 1.29 is 0 Å². The second-order valence-electron chi connectivity index (χ2n) is 3.52. The van der Waals surface area contributed by atoms with Gasteiger partial charge in [-0.15, -0.1) is 5.10 Å². The Morgan fingerprint density at radius 1 is 1.00 bits per heavy atom. The molecule has 0 atom stereocenters. The van der Waals surface area contributed by atoms with Crippen molar-refractivity contribution in [1.82, 2.24) is 14.6 Å². The third-order valence-electron chi connectivity index (χ3n) is 2.45. The van der Waals surface area contributed by atoms with E-state index >= 15 is 0 Å². The quantitative estimate of drug-likeness (QED) is 0.668. The van der Waals surface area contributed by atoms with Crippen LogP contribution in [0.2, 0.25) is 0 Å². The number of fused-ring (bicyclic) bond motifs is 1. The maximum atomic E-state index is 5.87. The number of hydrogen-bond donors (Lipinski definition) is 1. The summed E-state index contributed by atoms with van der Waals surface area (Å²) in [4.78, 5) is 4.29. The summed E-state index contributed by atoms with van der Waals surface area (Å²) >= 11 is 0. The number of nitrogens with two attached hydrogens (primary N) is 1. The third-order valence-corrected chi connectivity index (χ3v) is 2.45. The number of nitrogens with zero attached hydrogens (tertiary/aromatic N) is 3. The Kier molecular flexibility index (Phi) is 1.86. The molecule has 2 aromatic heterocycles. The van der Waals surface area contributed by atoms with Crippen LogP contribution in [0.1, 0.15) is 0 Å². The van der Waals surface area contributed by atoms with Gasteiger partial charge in [0.25, 0.3) is 0 Å². The molecule has 0 aliphatic heterocycles. The molecule has 4 heteroatoms. The lowest BCUT2D eigenvalue weighted by atomic mass is 10.2. The van der Waals surface area contributed by atoms with E-state index < -0.39 is 0 Å². The second kappa shape index (κ2) is 3.34. The van der Waals surface area contributed by atoms with Crippen molar-refractivity contribution >= 4 is 11.3 Å². The zero-order valence-corrected chi connectivity index (χ0v) is 8.54. The Morgan fingerprint density at radius 3 is 2.62 bits per heavy atom. The lowest BCUT2D eigenvalue weighted by Gasteiger charge is -2.03. The highest BCUT2D eigenvalue weighted by molar-refractivity contribution is 5.68. The number of benzene rings is 1. The van der Waals surface area contributed by atoms with E-state index in [0.29, 0.717) is 11.6 Å². The molecule has 0 unspecified atom stereocenters. The molecule has 0 aliphatic rings. The van der Waals surface area contributed by atoms with E-state index in [0.717, 1.165) is 11.1 Å². The molecule has 2 heterocycles. The van der Waals surface area contributed by atoms with E-state index in [2.05, 4.69) is 10.1 Å². The highest BCUT2D eigenvalue weighted by Crippen LogP contribution is 2.17. The minimum Gasteiger partial charge on any atom is -0.382 e. The standard InChI is InChI=1S/C12H10N4/c13-11-10-7-4-8-16(10)15-12(14-11)9-5-2-1-3-6-9/h1-8H,(H2,13,14,15). The van der Waals surface area contributed by atoms with Gasteiger partial charge in [0.1, 0.15) is 5.52 Å². The fourth-order valence-electron chi connectivity index (χ4n) is 1.67. The molecule has 1 aromatic carbocycles. The summed E-state index contributed by atoms with van der Waals surface area (Å²) in [6, 6.07) is 13.6. The summed E-state index contributed by atoms with van der Waals surface area (Å²) in [5, 5.41) is 4.39. The Bertz CT molecular complexity index is 628. The van der Waals surface area contributed by atoms with Crippen LogP contribution in [0.25, 0.3) is 16.9 Å². The van der Waals surface area contributed by atoms with Crippen molar-refractivity contribution in [3.63, 3.8) is 0 Å². The van der Waals surface area contributed by atoms with Gasteiger partial charge in [0, 0.05) is 11.8 Å². The largest absolute Gasteiger partial charge is 0.382 e. The second-order valence-corrected chi connectivity index (χ2v) is 3.52. The van der Waals surface area contributed by atoms with Crippen molar-refractivity contribution in [1.29, 1.82) is 0 Å². The van der Waals surface area contributed by atoms with Gasteiger partial charge in [-0.1, -0.05) is 30.3 Å². The zero-order valence-electron chi connectivity index (χ0n) is 8.54. The van der Waals surface area contributed by atoms with Crippen LogP contribution in [0.3, 0.4) is 0 Å². The monoisotopic (exact) mass is 210 g/mol. The maximum Gasteiger partial charge on any atom is 0.182 e. The number of nitrogen functional groups attached to an aromatic ring is 1. The van der Waals surface area contributed by atoms with Gasteiger partial charge in [-0.2, -0.15) is 0 Å². The van der Waals surface area contributed by atoms with E-state index in [1.54, 1.807) is 4.52 Å². The van der Waals surface area contributed by atoms with Gasteiger partial charge in [-0.25, -0.2) is 9.50 Å². The Labute approximate surface area is 92.4 Å². The van der Waals surface area contributed by atoms with E-state index in [-0.39, 0.29) is 0 Å². The van der Waals surface area contributed by atoms with E-state index in [4.69, 9.17) is 5.73 Å². The molecule has 0 saturated carbocycles. The molecule has 0 aliphatic carbocycles. The van der Waals surface area contributed by atoms with Crippen molar-refractivity contribution in [2.45, 2.75) is 0 Å². The van der Waals surface area contributed by atoms with Crippen molar-refractivity contribution in [2.24, 2.45) is 0 Å². The van der Waals surface area contributed by atoms with Crippen LogP contribution < -0.4 is 5.73 Å². The molecule has 0 bridgehead atoms. The van der Waals surface area contributed by atoms with Gasteiger partial charge in [0.2, 0.25) is 0 Å². The summed E-state index contributed by atoms with van der Waals surface area (Å²) in [5.41, 5.74) is 7.66. The molecule has 0 radical (unpaired) electrons. The highest BCUT2D eigenvalue weighted by Gasteiger charge is 2.05. The lowest BCUT2D eigenvalue weighted by molar-refractivity contribution is 0.917. The predicted molar refractivity (Wildman–Crippen MR) is 62.8 cm³/mol. The molecule has 3 aromatic rings. The average Bonchev–Trinajstić information content (AvgIpc) is 2.79. The van der Waals surface area contributed by atoms with Gasteiger partial charge in [-0.3, -0.25) is 0 Å². The summed E-state index contributed by atoms with van der Waals surface area (Å²) in [7, 11) is 0. The van der Waals surface area contributed by atoms with E-state index in [1.165, 1.54) is 0 Å². The van der Waals surface area contributed by atoms with Crippen LogP contribution in [0.5, 0.6) is 0 Å². The molecule has 0 fully saturated rings. The lowest BCUT2D eigenvalue weighted by Crippen LogP contribution is -2.02. The van der Waals surface area contributed by atoms with Crippen LogP contribution in [-0.4, -0.2) is 14.6 Å². The predicted octanol–water partition coefficient (Wildman–Crippen LogP) is 1.98. The minimum atomic E-state index is 0.499. The van der Waals surface area contributed by atoms with Crippen LogP contribution in [0, 0.1) is 0 Å². The first kappa shape index (κ1) is 8.91. The van der Waals surface area contributed by atoms with E-state index in [1.807, 2.05) is 48.7 Å². The maximum absolute atomic E-state index is 5.87. The summed E-state index contributed by atoms with van der Waals surface area (Å²) < 4.78 is 1.74. The van der Waals surface area contributed by atoms with Gasteiger partial charge in [0.05, 0.1) is 0 Å².